The van der Waals surface area contributed by atoms with Crippen LogP contribution in [0.4, 0.5) is 11.4 Å². The molecule has 2 heterocycles. The number of para-hydroxylation sites is 2. The van der Waals surface area contributed by atoms with E-state index in [1.165, 1.54) is 0 Å². The number of aryl methyl sites for hydroxylation is 2. The Bertz CT molecular complexity index is 905. The minimum atomic E-state index is -0.939. The number of carbonyl (C=O) groups excluding carboxylic acids is 3. The summed E-state index contributed by atoms with van der Waals surface area (Å²) in [7, 11) is 1.78. The van der Waals surface area contributed by atoms with Crippen LogP contribution in [0.25, 0.3) is 0 Å². The van der Waals surface area contributed by atoms with Crippen molar-refractivity contribution in [3.8, 4) is 5.75 Å². The number of fused-ring (bicyclic) bond motifs is 1. The van der Waals surface area contributed by atoms with E-state index in [2.05, 4.69) is 21.0 Å². The van der Waals surface area contributed by atoms with Crippen LogP contribution >= 0.6 is 0 Å². The first-order chi connectivity index (χ1) is 12.8. The zero-order valence-electron chi connectivity index (χ0n) is 15.3. The second-order valence-electron chi connectivity index (χ2n) is 6.29. The standard InChI is InChI=1S/C18H21N5O4/c1-10-17(11(2)23(3)22-10)21-16(25)9-19-15(24)8-14-18(26)20-12-6-4-5-7-13(12)27-14/h4-7,14H,8-9H2,1-3H3,(H,19,24)(H,20,26)(H,21,25)/t14-/m1/s1. The number of benzene rings is 1. The predicted octanol–water partition coefficient (Wildman–Crippen LogP) is 0.881. The molecule has 0 saturated carbocycles. The Morgan fingerprint density at radius 2 is 2.00 bits per heavy atom. The van der Waals surface area contributed by atoms with Gasteiger partial charge in [-0.3, -0.25) is 19.1 Å². The Kier molecular flexibility index (Phi) is 5.11. The third-order valence-electron chi connectivity index (χ3n) is 4.30. The molecule has 3 rings (SSSR count). The summed E-state index contributed by atoms with van der Waals surface area (Å²) in [4.78, 5) is 36.2. The maximum absolute atomic E-state index is 12.1. The Morgan fingerprint density at radius 1 is 1.26 bits per heavy atom. The van der Waals surface area contributed by atoms with E-state index >= 15 is 0 Å². The Morgan fingerprint density at radius 3 is 2.70 bits per heavy atom. The van der Waals surface area contributed by atoms with E-state index in [0.717, 1.165) is 5.69 Å². The molecular formula is C18H21N5O4. The van der Waals surface area contributed by atoms with E-state index in [4.69, 9.17) is 4.74 Å². The summed E-state index contributed by atoms with van der Waals surface area (Å²) in [6.45, 7) is 3.42. The first kappa shape index (κ1) is 18.4. The van der Waals surface area contributed by atoms with Gasteiger partial charge in [-0.1, -0.05) is 12.1 Å². The number of nitrogens with one attached hydrogen (secondary N) is 3. The number of hydrogen-bond acceptors (Lipinski definition) is 5. The lowest BCUT2D eigenvalue weighted by molar-refractivity contribution is -0.131. The fourth-order valence-electron chi connectivity index (χ4n) is 2.78. The van der Waals surface area contributed by atoms with Crippen molar-refractivity contribution >= 4 is 29.1 Å². The summed E-state index contributed by atoms with van der Waals surface area (Å²) < 4.78 is 7.23. The first-order valence-electron chi connectivity index (χ1n) is 8.48. The van der Waals surface area contributed by atoms with Crippen LogP contribution in [0.3, 0.4) is 0 Å². The maximum Gasteiger partial charge on any atom is 0.266 e. The number of nitrogens with zero attached hydrogens (tertiary/aromatic N) is 2. The molecule has 0 fully saturated rings. The van der Waals surface area contributed by atoms with Gasteiger partial charge in [-0.15, -0.1) is 0 Å². The van der Waals surface area contributed by atoms with Crippen molar-refractivity contribution < 1.29 is 19.1 Å². The molecule has 0 bridgehead atoms. The van der Waals surface area contributed by atoms with Crippen LogP contribution in [0.5, 0.6) is 5.75 Å². The molecule has 1 aromatic heterocycles. The van der Waals surface area contributed by atoms with E-state index in [1.54, 1.807) is 42.9 Å². The van der Waals surface area contributed by atoms with Crippen LogP contribution in [0.15, 0.2) is 24.3 Å². The van der Waals surface area contributed by atoms with Gasteiger partial charge >= 0.3 is 0 Å². The van der Waals surface area contributed by atoms with Crippen molar-refractivity contribution in [2.24, 2.45) is 7.05 Å². The molecule has 3 amide bonds. The SMILES string of the molecule is Cc1nn(C)c(C)c1NC(=O)CNC(=O)C[C@H]1Oc2ccccc2NC1=O. The largest absolute Gasteiger partial charge is 0.478 e. The normalized spacial score (nSPS) is 15.4. The van der Waals surface area contributed by atoms with Gasteiger partial charge in [0.25, 0.3) is 5.91 Å². The highest BCUT2D eigenvalue weighted by Crippen LogP contribution is 2.29. The van der Waals surface area contributed by atoms with Crippen LogP contribution in [0.1, 0.15) is 17.8 Å². The molecule has 1 aliphatic heterocycles. The van der Waals surface area contributed by atoms with E-state index < -0.39 is 17.9 Å². The highest BCUT2D eigenvalue weighted by Gasteiger charge is 2.29. The van der Waals surface area contributed by atoms with Crippen molar-refractivity contribution in [3.05, 3.63) is 35.7 Å². The van der Waals surface area contributed by atoms with Gasteiger partial charge < -0.3 is 20.7 Å². The molecule has 27 heavy (non-hydrogen) atoms. The molecule has 2 aromatic rings. The van der Waals surface area contributed by atoms with Crippen LogP contribution in [-0.2, 0) is 21.4 Å². The van der Waals surface area contributed by atoms with Crippen molar-refractivity contribution in [1.82, 2.24) is 15.1 Å². The number of carbonyl (C=O) groups is 3. The van der Waals surface area contributed by atoms with Gasteiger partial charge in [0.2, 0.25) is 11.8 Å². The third-order valence-corrected chi connectivity index (χ3v) is 4.30. The third kappa shape index (κ3) is 4.08. The second kappa shape index (κ2) is 7.48. The van der Waals surface area contributed by atoms with Gasteiger partial charge in [-0.05, 0) is 26.0 Å². The number of ether oxygens (including phenoxy) is 1. The Balaban J connectivity index is 1.51. The van der Waals surface area contributed by atoms with E-state index in [0.29, 0.717) is 22.8 Å². The molecule has 0 unspecified atom stereocenters. The molecule has 1 aliphatic rings. The van der Waals surface area contributed by atoms with Gasteiger partial charge in [0.15, 0.2) is 6.10 Å². The van der Waals surface area contributed by atoms with Crippen molar-refractivity contribution in [2.45, 2.75) is 26.4 Å². The molecule has 1 aromatic carbocycles. The average Bonchev–Trinajstić information content (AvgIpc) is 2.87. The van der Waals surface area contributed by atoms with Crippen LogP contribution in [0, 0.1) is 13.8 Å². The smallest absolute Gasteiger partial charge is 0.266 e. The predicted molar refractivity (Wildman–Crippen MR) is 98.4 cm³/mol. The number of rotatable bonds is 5. The fraction of sp³-hybridized carbons (Fsp3) is 0.333. The highest BCUT2D eigenvalue weighted by molar-refractivity contribution is 6.00. The average molecular weight is 371 g/mol. The molecule has 9 nitrogen and oxygen atoms in total. The van der Waals surface area contributed by atoms with Crippen molar-refractivity contribution in [1.29, 1.82) is 0 Å². The summed E-state index contributed by atoms with van der Waals surface area (Å²) in [6.07, 6.45) is -1.12. The minimum Gasteiger partial charge on any atom is -0.478 e. The number of anilines is 2. The highest BCUT2D eigenvalue weighted by atomic mass is 16.5. The Hall–Kier alpha value is -3.36. The molecule has 0 spiro atoms. The molecular weight excluding hydrogens is 350 g/mol. The summed E-state index contributed by atoms with van der Waals surface area (Å²) in [5.74, 6) is -0.712. The molecule has 0 saturated heterocycles. The zero-order valence-corrected chi connectivity index (χ0v) is 15.3. The van der Waals surface area contributed by atoms with Gasteiger partial charge in [0.05, 0.1) is 35.7 Å². The van der Waals surface area contributed by atoms with E-state index in [1.807, 2.05) is 6.92 Å². The summed E-state index contributed by atoms with van der Waals surface area (Å²) in [5.41, 5.74) is 2.71. The van der Waals surface area contributed by atoms with Gasteiger partial charge in [0.1, 0.15) is 5.75 Å². The molecule has 0 aliphatic carbocycles. The maximum atomic E-state index is 12.1. The van der Waals surface area contributed by atoms with Gasteiger partial charge in [-0.2, -0.15) is 5.10 Å². The summed E-state index contributed by atoms with van der Waals surface area (Å²) in [5, 5.41) is 12.1. The molecule has 142 valence electrons. The fourth-order valence-corrected chi connectivity index (χ4v) is 2.78. The molecule has 3 N–H and O–H groups in total. The number of aromatic nitrogens is 2. The summed E-state index contributed by atoms with van der Waals surface area (Å²) >= 11 is 0. The van der Waals surface area contributed by atoms with Crippen LogP contribution < -0.4 is 20.7 Å². The lowest BCUT2D eigenvalue weighted by atomic mass is 10.1. The quantitative estimate of drug-likeness (QED) is 0.722. The van der Waals surface area contributed by atoms with Crippen molar-refractivity contribution in [2.75, 3.05) is 17.2 Å². The zero-order chi connectivity index (χ0) is 19.6. The van der Waals surface area contributed by atoms with Crippen LogP contribution in [-0.4, -0.2) is 40.2 Å². The van der Waals surface area contributed by atoms with E-state index in [9.17, 15) is 14.4 Å². The topological polar surface area (TPSA) is 114 Å². The lowest BCUT2D eigenvalue weighted by Gasteiger charge is -2.25. The van der Waals surface area contributed by atoms with Crippen LogP contribution in [0.2, 0.25) is 0 Å². The minimum absolute atomic E-state index is 0.182. The second-order valence-corrected chi connectivity index (χ2v) is 6.29. The van der Waals surface area contributed by atoms with E-state index in [-0.39, 0.29) is 18.9 Å². The van der Waals surface area contributed by atoms with Gasteiger partial charge in [0, 0.05) is 7.05 Å². The Labute approximate surface area is 156 Å². The van der Waals surface area contributed by atoms with Crippen molar-refractivity contribution in [3.63, 3.8) is 0 Å². The molecule has 9 heteroatoms. The number of amides is 3. The lowest BCUT2D eigenvalue weighted by Crippen LogP contribution is -2.42. The molecule has 1 atom stereocenters. The number of hydrogen-bond donors (Lipinski definition) is 3. The molecule has 0 radical (unpaired) electrons. The summed E-state index contributed by atoms with van der Waals surface area (Å²) in [6, 6.07) is 6.99. The first-order valence-corrected chi connectivity index (χ1v) is 8.48. The monoisotopic (exact) mass is 371 g/mol. The van der Waals surface area contributed by atoms with Gasteiger partial charge in [-0.25, -0.2) is 0 Å².